The Kier molecular flexibility index (Phi) is 5.14. The van der Waals surface area contributed by atoms with E-state index in [1.165, 1.54) is 6.92 Å². The lowest BCUT2D eigenvalue weighted by molar-refractivity contribution is -0.146. The molecule has 1 rings (SSSR count). The van der Waals surface area contributed by atoms with E-state index in [0.29, 0.717) is 19.4 Å². The van der Waals surface area contributed by atoms with Gasteiger partial charge in [0.15, 0.2) is 5.78 Å². The van der Waals surface area contributed by atoms with Gasteiger partial charge >= 0.3 is 0 Å². The summed E-state index contributed by atoms with van der Waals surface area (Å²) in [6.45, 7) is 13.7. The van der Waals surface area contributed by atoms with Gasteiger partial charge in [0.1, 0.15) is 0 Å². The van der Waals surface area contributed by atoms with Crippen LogP contribution in [0.15, 0.2) is 12.7 Å². The fourth-order valence-corrected chi connectivity index (χ4v) is 2.89. The van der Waals surface area contributed by atoms with Gasteiger partial charge in [-0.3, -0.25) is 9.59 Å². The first-order valence-corrected chi connectivity index (χ1v) is 7.22. The maximum atomic E-state index is 12.7. The molecule has 2 atom stereocenters. The van der Waals surface area contributed by atoms with E-state index in [-0.39, 0.29) is 23.2 Å². The summed E-state index contributed by atoms with van der Waals surface area (Å²) in [5.41, 5.74) is -1.00. The van der Waals surface area contributed by atoms with Crippen molar-refractivity contribution in [1.82, 2.24) is 5.32 Å². The Morgan fingerprint density at radius 3 is 2.35 bits per heavy atom. The number of carbonyl (C=O) groups is 2. The average molecular weight is 281 g/mol. The fraction of sp³-hybridized carbons (Fsp3) is 0.750. The van der Waals surface area contributed by atoms with Crippen molar-refractivity contribution in [1.29, 1.82) is 0 Å². The lowest BCUT2D eigenvalue weighted by atomic mass is 9.73. The van der Waals surface area contributed by atoms with Crippen molar-refractivity contribution in [2.24, 2.45) is 11.3 Å². The van der Waals surface area contributed by atoms with Crippen molar-refractivity contribution in [2.45, 2.75) is 59.1 Å². The number of ketones is 1. The number of carbonyl (C=O) groups excluding carboxylic acids is 2. The highest BCUT2D eigenvalue weighted by Crippen LogP contribution is 2.40. The number of rotatable bonds is 5. The molecule has 0 aromatic rings. The van der Waals surface area contributed by atoms with Gasteiger partial charge in [0.25, 0.3) is 0 Å². The third kappa shape index (κ3) is 3.69. The molecule has 1 amide bonds. The first-order chi connectivity index (χ1) is 9.13. The number of Topliss-reactive ketones (excluding diaryl/α,β-unsaturated/α-hetero) is 1. The molecule has 0 bridgehead atoms. The third-order valence-corrected chi connectivity index (χ3v) is 4.02. The van der Waals surface area contributed by atoms with Crippen molar-refractivity contribution in [3.05, 3.63) is 12.7 Å². The minimum Gasteiger partial charge on any atom is -0.375 e. The highest BCUT2D eigenvalue weighted by Gasteiger charge is 2.45. The summed E-state index contributed by atoms with van der Waals surface area (Å²) in [4.78, 5) is 24.3. The van der Waals surface area contributed by atoms with Crippen LogP contribution in [0, 0.1) is 11.3 Å². The van der Waals surface area contributed by atoms with Crippen LogP contribution < -0.4 is 5.32 Å². The van der Waals surface area contributed by atoms with Crippen molar-refractivity contribution < 1.29 is 14.3 Å². The minimum atomic E-state index is -0.648. The molecule has 0 aromatic carbocycles. The Bertz CT molecular complexity index is 401. The number of ether oxygens (including phenoxy) is 1. The smallest absolute Gasteiger partial charge is 0.230 e. The molecule has 1 aliphatic rings. The summed E-state index contributed by atoms with van der Waals surface area (Å²) < 4.78 is 5.68. The van der Waals surface area contributed by atoms with Gasteiger partial charge in [0.2, 0.25) is 5.91 Å². The van der Waals surface area contributed by atoms with E-state index in [1.54, 1.807) is 6.08 Å². The Hall–Kier alpha value is -1.16. The molecule has 1 heterocycles. The van der Waals surface area contributed by atoms with Gasteiger partial charge in [-0.05, 0) is 39.5 Å². The van der Waals surface area contributed by atoms with Crippen LogP contribution in [0.1, 0.15) is 47.5 Å². The molecule has 1 saturated heterocycles. The van der Waals surface area contributed by atoms with Crippen LogP contribution in [-0.2, 0) is 14.3 Å². The fourth-order valence-electron chi connectivity index (χ4n) is 2.89. The van der Waals surface area contributed by atoms with E-state index in [4.69, 9.17) is 4.74 Å². The van der Waals surface area contributed by atoms with Gasteiger partial charge in [-0.1, -0.05) is 19.9 Å². The summed E-state index contributed by atoms with van der Waals surface area (Å²) in [7, 11) is 0. The van der Waals surface area contributed by atoms with Crippen LogP contribution in [0.5, 0.6) is 0 Å². The molecule has 0 spiro atoms. The summed E-state index contributed by atoms with van der Waals surface area (Å²) in [6, 6.07) is -0.440. The zero-order valence-corrected chi connectivity index (χ0v) is 13.3. The van der Waals surface area contributed by atoms with Crippen LogP contribution in [0.25, 0.3) is 0 Å². The molecule has 4 nitrogen and oxygen atoms in total. The first kappa shape index (κ1) is 16.9. The minimum absolute atomic E-state index is 0.0149. The monoisotopic (exact) mass is 281 g/mol. The quantitative estimate of drug-likeness (QED) is 0.788. The predicted molar refractivity (Wildman–Crippen MR) is 79.3 cm³/mol. The SMILES string of the molecule is C=CC1(C(=O)N[C@H](C(C)=O)C(C)C)CCOC(C)(C)C1. The van der Waals surface area contributed by atoms with E-state index >= 15 is 0 Å². The number of nitrogens with one attached hydrogen (secondary N) is 1. The second-order valence-corrected chi connectivity index (χ2v) is 6.70. The lowest BCUT2D eigenvalue weighted by Gasteiger charge is -2.42. The van der Waals surface area contributed by atoms with E-state index in [0.717, 1.165) is 0 Å². The normalized spacial score (nSPS) is 26.9. The zero-order chi connectivity index (χ0) is 15.6. The van der Waals surface area contributed by atoms with Crippen molar-refractivity contribution >= 4 is 11.7 Å². The van der Waals surface area contributed by atoms with E-state index in [2.05, 4.69) is 11.9 Å². The van der Waals surface area contributed by atoms with Gasteiger partial charge in [-0.25, -0.2) is 0 Å². The first-order valence-electron chi connectivity index (χ1n) is 7.22. The topological polar surface area (TPSA) is 55.4 Å². The van der Waals surface area contributed by atoms with Crippen LogP contribution in [0.3, 0.4) is 0 Å². The van der Waals surface area contributed by atoms with Gasteiger partial charge in [-0.2, -0.15) is 0 Å². The van der Waals surface area contributed by atoms with Crippen LogP contribution in [0.2, 0.25) is 0 Å². The van der Waals surface area contributed by atoms with Crippen molar-refractivity contribution in [3.63, 3.8) is 0 Å². The van der Waals surface area contributed by atoms with Gasteiger partial charge < -0.3 is 10.1 Å². The zero-order valence-electron chi connectivity index (χ0n) is 13.3. The summed E-state index contributed by atoms with van der Waals surface area (Å²) in [5, 5.41) is 2.90. The molecule has 1 N–H and O–H groups in total. The van der Waals surface area contributed by atoms with E-state index in [9.17, 15) is 9.59 Å². The van der Waals surface area contributed by atoms with Crippen molar-refractivity contribution in [3.8, 4) is 0 Å². The maximum absolute atomic E-state index is 12.7. The Balaban J connectivity index is 2.92. The van der Waals surface area contributed by atoms with Crippen molar-refractivity contribution in [2.75, 3.05) is 6.61 Å². The second kappa shape index (κ2) is 6.08. The van der Waals surface area contributed by atoms with Gasteiger partial charge in [0.05, 0.1) is 17.1 Å². The largest absolute Gasteiger partial charge is 0.375 e. The molecule has 1 aliphatic heterocycles. The number of hydrogen-bond acceptors (Lipinski definition) is 3. The molecule has 0 saturated carbocycles. The van der Waals surface area contributed by atoms with E-state index < -0.39 is 11.5 Å². The second-order valence-electron chi connectivity index (χ2n) is 6.70. The maximum Gasteiger partial charge on any atom is 0.230 e. The Morgan fingerprint density at radius 2 is 1.95 bits per heavy atom. The molecule has 0 aromatic heterocycles. The van der Waals surface area contributed by atoms with Gasteiger partial charge in [0, 0.05) is 6.61 Å². The standard InChI is InChI=1S/C16H27NO3/c1-7-16(8-9-20-15(5,6)10-16)14(19)17-13(11(2)3)12(4)18/h7,11,13H,1,8-10H2,2-6H3,(H,17,19)/t13-,16?/m0/s1. The van der Waals surface area contributed by atoms with Crippen LogP contribution in [0.4, 0.5) is 0 Å². The molecule has 1 fully saturated rings. The highest BCUT2D eigenvalue weighted by atomic mass is 16.5. The van der Waals surface area contributed by atoms with Gasteiger partial charge in [-0.15, -0.1) is 6.58 Å². The van der Waals surface area contributed by atoms with E-state index in [1.807, 2.05) is 27.7 Å². The number of amides is 1. The van der Waals surface area contributed by atoms with Crippen LogP contribution in [-0.4, -0.2) is 29.9 Å². The molecule has 4 heteroatoms. The Morgan fingerprint density at radius 1 is 1.35 bits per heavy atom. The predicted octanol–water partition coefficient (Wildman–Crippen LogP) is 2.48. The average Bonchev–Trinajstić information content (AvgIpc) is 2.33. The molecular formula is C16H27NO3. The molecule has 20 heavy (non-hydrogen) atoms. The molecule has 0 aliphatic carbocycles. The Labute approximate surface area is 122 Å². The third-order valence-electron chi connectivity index (χ3n) is 4.02. The highest BCUT2D eigenvalue weighted by molar-refractivity contribution is 5.91. The molecular weight excluding hydrogens is 254 g/mol. The summed E-state index contributed by atoms with van der Waals surface area (Å²) in [6.07, 6.45) is 2.90. The molecule has 114 valence electrons. The lowest BCUT2D eigenvalue weighted by Crippen LogP contribution is -2.53. The number of hydrogen-bond donors (Lipinski definition) is 1. The summed E-state index contributed by atoms with van der Waals surface area (Å²) in [5.74, 6) is -0.0529. The van der Waals surface area contributed by atoms with Crippen LogP contribution >= 0.6 is 0 Å². The molecule has 0 radical (unpaired) electrons. The summed E-state index contributed by atoms with van der Waals surface area (Å²) >= 11 is 0. The molecule has 1 unspecified atom stereocenters.